The maximum atomic E-state index is 13.5. The lowest BCUT2D eigenvalue weighted by atomic mass is 10.1. The number of benzene rings is 3. The van der Waals surface area contributed by atoms with Crippen LogP contribution in [0.1, 0.15) is 25.2 Å². The van der Waals surface area contributed by atoms with E-state index >= 15 is 0 Å². The van der Waals surface area contributed by atoms with Crippen molar-refractivity contribution in [1.82, 2.24) is 19.7 Å². The van der Waals surface area contributed by atoms with Crippen LogP contribution in [-0.4, -0.2) is 44.1 Å². The van der Waals surface area contributed by atoms with Gasteiger partial charge in [0.05, 0.1) is 17.8 Å². The minimum atomic E-state index is -0.181. The van der Waals surface area contributed by atoms with Crippen molar-refractivity contribution in [1.29, 1.82) is 0 Å². The Morgan fingerprint density at radius 2 is 1.51 bits per heavy atom. The Bertz CT molecular complexity index is 1350. The van der Waals surface area contributed by atoms with Crippen molar-refractivity contribution in [2.45, 2.75) is 32.9 Å². The third-order valence-electron chi connectivity index (χ3n) is 6.22. The van der Waals surface area contributed by atoms with E-state index in [2.05, 4.69) is 10.2 Å². The van der Waals surface area contributed by atoms with Gasteiger partial charge in [0.25, 0.3) is 0 Å². The Balaban J connectivity index is 1.50. The molecule has 0 spiro atoms. The first-order valence-electron chi connectivity index (χ1n) is 11.8. The second-order valence-electron chi connectivity index (χ2n) is 8.89. The van der Waals surface area contributed by atoms with Crippen LogP contribution in [0.25, 0.3) is 17.1 Å². The molecule has 0 fully saturated rings. The summed E-state index contributed by atoms with van der Waals surface area (Å²) in [7, 11) is 0. The molecule has 1 aliphatic heterocycles. The van der Waals surface area contributed by atoms with E-state index in [-0.39, 0.29) is 30.8 Å². The second kappa shape index (κ2) is 9.54. The number of para-hydroxylation sites is 2. The van der Waals surface area contributed by atoms with E-state index < -0.39 is 0 Å². The van der Waals surface area contributed by atoms with Crippen LogP contribution in [0.2, 0.25) is 0 Å². The largest absolute Gasteiger partial charge is 0.334 e. The van der Waals surface area contributed by atoms with Crippen molar-refractivity contribution in [3.63, 3.8) is 0 Å². The number of hydrogen-bond acceptors (Lipinski definition) is 4. The van der Waals surface area contributed by atoms with Gasteiger partial charge in [-0.05, 0) is 31.5 Å². The molecular weight excluding hydrogens is 438 g/mol. The molecule has 0 N–H and O–H groups in total. The van der Waals surface area contributed by atoms with E-state index in [1.807, 2.05) is 108 Å². The Kier molecular flexibility index (Phi) is 6.14. The number of rotatable bonds is 6. The van der Waals surface area contributed by atoms with Crippen molar-refractivity contribution in [3.05, 3.63) is 96.3 Å². The lowest BCUT2D eigenvalue weighted by Crippen LogP contribution is -2.45. The number of hydrogen-bond donors (Lipinski definition) is 0. The molecule has 176 valence electrons. The Labute approximate surface area is 204 Å². The molecule has 0 bridgehead atoms. The number of carbonyl (C=O) groups is 2. The number of aromatic nitrogens is 3. The van der Waals surface area contributed by atoms with Gasteiger partial charge in [-0.25, -0.2) is 0 Å². The first-order chi connectivity index (χ1) is 17.0. The van der Waals surface area contributed by atoms with Gasteiger partial charge in [0, 0.05) is 18.2 Å². The quantitative estimate of drug-likeness (QED) is 0.427. The third-order valence-corrected chi connectivity index (χ3v) is 6.22. The van der Waals surface area contributed by atoms with Crippen LogP contribution < -0.4 is 4.90 Å². The predicted octanol–water partition coefficient (Wildman–Crippen LogP) is 4.26. The van der Waals surface area contributed by atoms with Gasteiger partial charge in [0.1, 0.15) is 12.4 Å². The maximum Gasteiger partial charge on any atom is 0.243 e. The van der Waals surface area contributed by atoms with Crippen molar-refractivity contribution in [3.8, 4) is 17.1 Å². The maximum absolute atomic E-state index is 13.5. The Hall–Kier alpha value is -4.26. The molecule has 2 amide bonds. The standard InChI is InChI=1S/C28H27N5O2/c1-20(2)31(18-21-11-5-3-6-12-21)27(35)19-32-23-15-9-10-16-24(23)33-25(17-26(32)34)29-30-28(33)22-13-7-4-8-14-22/h3-16,20H,17-19H2,1-2H3. The smallest absolute Gasteiger partial charge is 0.243 e. The van der Waals surface area contributed by atoms with Crippen LogP contribution in [0.4, 0.5) is 5.69 Å². The summed E-state index contributed by atoms with van der Waals surface area (Å²) in [5.41, 5.74) is 3.41. The number of nitrogens with zero attached hydrogens (tertiary/aromatic N) is 5. The number of amides is 2. The molecule has 1 aromatic heterocycles. The zero-order valence-electron chi connectivity index (χ0n) is 19.8. The summed E-state index contributed by atoms with van der Waals surface area (Å²) in [5, 5.41) is 8.74. The monoisotopic (exact) mass is 465 g/mol. The molecule has 7 heteroatoms. The first kappa shape index (κ1) is 22.5. The molecule has 0 unspecified atom stereocenters. The summed E-state index contributed by atoms with van der Waals surface area (Å²) in [6.45, 7) is 4.43. The molecular formula is C28H27N5O2. The average Bonchev–Trinajstić information content (AvgIpc) is 3.25. The van der Waals surface area contributed by atoms with Crippen LogP contribution in [0, 0.1) is 0 Å². The van der Waals surface area contributed by atoms with E-state index in [9.17, 15) is 9.59 Å². The predicted molar refractivity (Wildman–Crippen MR) is 135 cm³/mol. The van der Waals surface area contributed by atoms with Crippen LogP contribution in [0.3, 0.4) is 0 Å². The molecule has 0 aliphatic carbocycles. The van der Waals surface area contributed by atoms with Gasteiger partial charge in [-0.1, -0.05) is 72.8 Å². The first-order valence-corrected chi connectivity index (χ1v) is 11.8. The highest BCUT2D eigenvalue weighted by molar-refractivity contribution is 6.02. The summed E-state index contributed by atoms with van der Waals surface area (Å²) < 4.78 is 1.93. The molecule has 0 saturated carbocycles. The molecule has 0 atom stereocenters. The fourth-order valence-corrected chi connectivity index (χ4v) is 4.44. The van der Waals surface area contributed by atoms with Gasteiger partial charge in [-0.3, -0.25) is 14.2 Å². The molecule has 0 radical (unpaired) electrons. The van der Waals surface area contributed by atoms with E-state index in [1.165, 1.54) is 0 Å². The van der Waals surface area contributed by atoms with E-state index in [1.54, 1.807) is 4.90 Å². The summed E-state index contributed by atoms with van der Waals surface area (Å²) in [5.74, 6) is 0.941. The van der Waals surface area contributed by atoms with Crippen LogP contribution >= 0.6 is 0 Å². The number of carbonyl (C=O) groups excluding carboxylic acids is 2. The SMILES string of the molecule is CC(C)N(Cc1ccccc1)C(=O)CN1C(=O)Cc2nnc(-c3ccccc3)n2-c2ccccc21. The number of fused-ring (bicyclic) bond motifs is 3. The van der Waals surface area contributed by atoms with Gasteiger partial charge in [0.15, 0.2) is 5.82 Å². The molecule has 7 nitrogen and oxygen atoms in total. The summed E-state index contributed by atoms with van der Waals surface area (Å²) >= 11 is 0. The van der Waals surface area contributed by atoms with E-state index in [0.717, 1.165) is 16.8 Å². The minimum absolute atomic E-state index is 0.00986. The summed E-state index contributed by atoms with van der Waals surface area (Å²) in [4.78, 5) is 30.4. The summed E-state index contributed by atoms with van der Waals surface area (Å²) in [6.07, 6.45) is 0.0577. The Morgan fingerprint density at radius 1 is 0.886 bits per heavy atom. The fraction of sp³-hybridized carbons (Fsp3) is 0.214. The lowest BCUT2D eigenvalue weighted by Gasteiger charge is -2.30. The highest BCUT2D eigenvalue weighted by Crippen LogP contribution is 2.33. The minimum Gasteiger partial charge on any atom is -0.334 e. The fourth-order valence-electron chi connectivity index (χ4n) is 4.44. The van der Waals surface area contributed by atoms with Gasteiger partial charge in [0.2, 0.25) is 11.8 Å². The van der Waals surface area contributed by atoms with Gasteiger partial charge < -0.3 is 9.80 Å². The van der Waals surface area contributed by atoms with Crippen LogP contribution in [-0.2, 0) is 22.6 Å². The molecule has 35 heavy (non-hydrogen) atoms. The molecule has 5 rings (SSSR count). The second-order valence-corrected chi connectivity index (χ2v) is 8.89. The molecule has 2 heterocycles. The van der Waals surface area contributed by atoms with E-state index in [0.29, 0.717) is 23.9 Å². The highest BCUT2D eigenvalue weighted by atomic mass is 16.2. The van der Waals surface area contributed by atoms with Crippen molar-refractivity contribution in [2.24, 2.45) is 0 Å². The third kappa shape index (κ3) is 4.45. The highest BCUT2D eigenvalue weighted by Gasteiger charge is 2.32. The normalized spacial score (nSPS) is 12.8. The van der Waals surface area contributed by atoms with E-state index in [4.69, 9.17) is 0 Å². The molecule has 3 aromatic carbocycles. The zero-order valence-corrected chi connectivity index (χ0v) is 19.8. The van der Waals surface area contributed by atoms with Gasteiger partial charge >= 0.3 is 0 Å². The number of anilines is 1. The molecule has 4 aromatic rings. The van der Waals surface area contributed by atoms with Crippen LogP contribution in [0.15, 0.2) is 84.9 Å². The summed E-state index contributed by atoms with van der Waals surface area (Å²) in [6, 6.07) is 27.3. The average molecular weight is 466 g/mol. The molecule has 1 aliphatic rings. The van der Waals surface area contributed by atoms with Crippen molar-refractivity contribution in [2.75, 3.05) is 11.4 Å². The van der Waals surface area contributed by atoms with Crippen molar-refractivity contribution >= 4 is 17.5 Å². The topological polar surface area (TPSA) is 71.3 Å². The lowest BCUT2D eigenvalue weighted by molar-refractivity contribution is -0.133. The van der Waals surface area contributed by atoms with Gasteiger partial charge in [-0.2, -0.15) is 0 Å². The molecule has 0 saturated heterocycles. The zero-order chi connectivity index (χ0) is 24.4. The Morgan fingerprint density at radius 3 is 2.20 bits per heavy atom. The van der Waals surface area contributed by atoms with Crippen molar-refractivity contribution < 1.29 is 9.59 Å². The van der Waals surface area contributed by atoms with Crippen LogP contribution in [0.5, 0.6) is 0 Å². The van der Waals surface area contributed by atoms with Gasteiger partial charge in [-0.15, -0.1) is 10.2 Å².